The number of carbonyl (C=O) groups excluding carboxylic acids is 1. The molecule has 0 saturated carbocycles. The summed E-state index contributed by atoms with van der Waals surface area (Å²) in [6.07, 6.45) is -4.67. The molecule has 0 bridgehead atoms. The van der Waals surface area contributed by atoms with E-state index in [1.165, 1.54) is 12.1 Å². The Hall–Kier alpha value is -1.76. The van der Waals surface area contributed by atoms with E-state index in [2.05, 4.69) is 5.32 Å². The van der Waals surface area contributed by atoms with E-state index in [-0.39, 0.29) is 17.6 Å². The van der Waals surface area contributed by atoms with Crippen LogP contribution >= 0.6 is 0 Å². The number of amides is 1. The van der Waals surface area contributed by atoms with Gasteiger partial charge in [0.05, 0.1) is 5.56 Å². The van der Waals surface area contributed by atoms with Gasteiger partial charge in [-0.2, -0.15) is 13.2 Å². The van der Waals surface area contributed by atoms with Gasteiger partial charge < -0.3 is 15.0 Å². The number of benzene rings is 1. The van der Waals surface area contributed by atoms with Gasteiger partial charge >= 0.3 is 12.3 Å². The van der Waals surface area contributed by atoms with Gasteiger partial charge in [-0.15, -0.1) is 0 Å². The van der Waals surface area contributed by atoms with E-state index in [0.29, 0.717) is 13.1 Å². The molecule has 7 heteroatoms. The smallest absolute Gasteiger partial charge is 0.416 e. The molecule has 1 spiro atoms. The van der Waals surface area contributed by atoms with Crippen LogP contribution in [0.5, 0.6) is 0 Å². The first-order chi connectivity index (χ1) is 11.0. The van der Waals surface area contributed by atoms with E-state index >= 15 is 0 Å². The minimum Gasteiger partial charge on any atom is -0.444 e. The number of halogens is 3. The number of hydrogen-bond donors (Lipinski definition) is 1. The molecular formula is C17H21F3N2O2. The van der Waals surface area contributed by atoms with E-state index in [9.17, 15) is 18.0 Å². The Kier molecular flexibility index (Phi) is 3.82. The van der Waals surface area contributed by atoms with Crippen molar-refractivity contribution in [3.8, 4) is 0 Å². The molecule has 2 saturated heterocycles. The highest BCUT2D eigenvalue weighted by molar-refractivity contribution is 5.69. The minimum atomic E-state index is -4.33. The van der Waals surface area contributed by atoms with E-state index in [1.54, 1.807) is 4.90 Å². The summed E-state index contributed by atoms with van der Waals surface area (Å²) in [6, 6.07) is 5.20. The summed E-state index contributed by atoms with van der Waals surface area (Å²) in [6.45, 7) is 7.31. The Balaban J connectivity index is 1.63. The summed E-state index contributed by atoms with van der Waals surface area (Å²) in [5.41, 5.74) is -0.469. The number of nitrogens with zero attached hydrogens (tertiary/aromatic N) is 1. The van der Waals surface area contributed by atoms with Crippen LogP contribution in [0.4, 0.5) is 18.0 Å². The first-order valence-electron chi connectivity index (χ1n) is 7.89. The quantitative estimate of drug-likeness (QED) is 0.848. The monoisotopic (exact) mass is 342 g/mol. The Labute approximate surface area is 139 Å². The van der Waals surface area contributed by atoms with E-state index in [0.717, 1.165) is 24.2 Å². The second kappa shape index (κ2) is 5.37. The molecule has 1 amide bonds. The zero-order valence-electron chi connectivity index (χ0n) is 13.9. The van der Waals surface area contributed by atoms with Crippen LogP contribution in [-0.4, -0.2) is 36.2 Å². The van der Waals surface area contributed by atoms with Crippen molar-refractivity contribution in [2.45, 2.75) is 38.6 Å². The summed E-state index contributed by atoms with van der Waals surface area (Å²) in [5, 5.41) is 3.26. The highest BCUT2D eigenvalue weighted by Gasteiger charge is 2.57. The third kappa shape index (κ3) is 3.09. The van der Waals surface area contributed by atoms with E-state index < -0.39 is 17.3 Å². The molecule has 132 valence electrons. The lowest BCUT2D eigenvalue weighted by molar-refractivity contribution is -0.137. The van der Waals surface area contributed by atoms with Crippen molar-refractivity contribution in [3.63, 3.8) is 0 Å². The van der Waals surface area contributed by atoms with Crippen LogP contribution in [0.25, 0.3) is 0 Å². The molecule has 0 unspecified atom stereocenters. The fourth-order valence-corrected chi connectivity index (χ4v) is 3.29. The molecule has 1 atom stereocenters. The van der Waals surface area contributed by atoms with Crippen molar-refractivity contribution >= 4 is 6.09 Å². The Bertz CT molecular complexity index is 629. The maximum Gasteiger partial charge on any atom is 0.416 e. The number of nitrogens with one attached hydrogen (secondary N) is 1. The Morgan fingerprint density at radius 1 is 1.21 bits per heavy atom. The highest BCUT2D eigenvalue weighted by Crippen LogP contribution is 2.48. The van der Waals surface area contributed by atoms with Crippen LogP contribution in [0.2, 0.25) is 0 Å². The molecule has 3 rings (SSSR count). The lowest BCUT2D eigenvalue weighted by atomic mass is 9.65. The topological polar surface area (TPSA) is 41.6 Å². The predicted octanol–water partition coefficient (Wildman–Crippen LogP) is 3.59. The molecule has 1 aromatic rings. The third-order valence-electron chi connectivity index (χ3n) is 4.51. The summed E-state index contributed by atoms with van der Waals surface area (Å²) in [5.74, 6) is 0. The maximum absolute atomic E-state index is 12.6. The maximum atomic E-state index is 12.6. The second-order valence-electron chi connectivity index (χ2n) is 7.63. The first-order valence-corrected chi connectivity index (χ1v) is 7.89. The van der Waals surface area contributed by atoms with Gasteiger partial charge in [-0.25, -0.2) is 4.79 Å². The predicted molar refractivity (Wildman–Crippen MR) is 82.4 cm³/mol. The fourth-order valence-electron chi connectivity index (χ4n) is 3.29. The van der Waals surface area contributed by atoms with Crippen LogP contribution in [0.1, 0.15) is 37.9 Å². The van der Waals surface area contributed by atoms with Gasteiger partial charge in [0.2, 0.25) is 0 Å². The van der Waals surface area contributed by atoms with E-state index in [1.807, 2.05) is 20.8 Å². The molecule has 2 aliphatic rings. The normalized spacial score (nSPS) is 22.8. The van der Waals surface area contributed by atoms with Crippen LogP contribution in [0.15, 0.2) is 24.3 Å². The average Bonchev–Trinajstić information content (AvgIpc) is 2.33. The first kappa shape index (κ1) is 17.1. The van der Waals surface area contributed by atoms with Crippen LogP contribution in [0, 0.1) is 5.41 Å². The van der Waals surface area contributed by atoms with Gasteiger partial charge in [-0.3, -0.25) is 0 Å². The number of alkyl halides is 3. The van der Waals surface area contributed by atoms with Crippen LogP contribution in [-0.2, 0) is 10.9 Å². The van der Waals surface area contributed by atoms with Crippen molar-refractivity contribution in [2.24, 2.45) is 5.41 Å². The molecule has 4 nitrogen and oxygen atoms in total. The van der Waals surface area contributed by atoms with Gasteiger partial charge in [0.1, 0.15) is 5.60 Å². The number of likely N-dealkylation sites (tertiary alicyclic amines) is 1. The molecule has 1 N–H and O–H groups in total. The lowest BCUT2D eigenvalue weighted by Gasteiger charge is -2.60. The summed E-state index contributed by atoms with van der Waals surface area (Å²) >= 11 is 0. The van der Waals surface area contributed by atoms with Crippen LogP contribution in [0.3, 0.4) is 0 Å². The molecule has 0 radical (unpaired) electrons. The van der Waals surface area contributed by atoms with Crippen molar-refractivity contribution < 1.29 is 22.7 Å². The van der Waals surface area contributed by atoms with Crippen molar-refractivity contribution in [3.05, 3.63) is 35.4 Å². The lowest BCUT2D eigenvalue weighted by Crippen LogP contribution is -2.73. The zero-order chi connectivity index (χ0) is 17.8. The molecular weight excluding hydrogens is 321 g/mol. The standard InChI is InChI=1S/C17H21F3N2O2/c1-15(2,3)24-14(23)22-9-16(10-22)8-21-13(16)11-4-6-12(7-5-11)17(18,19)20/h4-7,13,21H,8-10H2,1-3H3/t13-/m1/s1. The van der Waals surface area contributed by atoms with Gasteiger partial charge in [0.25, 0.3) is 0 Å². The largest absolute Gasteiger partial charge is 0.444 e. The van der Waals surface area contributed by atoms with Crippen molar-refractivity contribution in [1.82, 2.24) is 10.2 Å². The average molecular weight is 342 g/mol. The molecule has 1 aromatic carbocycles. The van der Waals surface area contributed by atoms with Crippen LogP contribution < -0.4 is 5.32 Å². The SMILES string of the molecule is CC(C)(C)OC(=O)N1CC2(CN[C@@H]2c2ccc(C(F)(F)F)cc2)C1. The minimum absolute atomic E-state index is 0.0292. The van der Waals surface area contributed by atoms with Gasteiger partial charge in [0.15, 0.2) is 0 Å². The fraction of sp³-hybridized carbons (Fsp3) is 0.588. The molecule has 0 aromatic heterocycles. The summed E-state index contributed by atoms with van der Waals surface area (Å²) in [4.78, 5) is 13.7. The Morgan fingerprint density at radius 2 is 1.79 bits per heavy atom. The molecule has 2 heterocycles. The Morgan fingerprint density at radius 3 is 2.21 bits per heavy atom. The third-order valence-corrected chi connectivity index (χ3v) is 4.51. The van der Waals surface area contributed by atoms with Gasteiger partial charge in [-0.05, 0) is 38.5 Å². The molecule has 2 aliphatic heterocycles. The van der Waals surface area contributed by atoms with Gasteiger partial charge in [-0.1, -0.05) is 12.1 Å². The number of hydrogen-bond acceptors (Lipinski definition) is 3. The summed E-state index contributed by atoms with van der Waals surface area (Å²) < 4.78 is 43.3. The molecule has 0 aliphatic carbocycles. The second-order valence-corrected chi connectivity index (χ2v) is 7.63. The number of rotatable bonds is 1. The van der Waals surface area contributed by atoms with Crippen molar-refractivity contribution in [2.75, 3.05) is 19.6 Å². The number of ether oxygens (including phenoxy) is 1. The summed E-state index contributed by atoms with van der Waals surface area (Å²) in [7, 11) is 0. The molecule has 2 fully saturated rings. The number of carbonyl (C=O) groups is 1. The van der Waals surface area contributed by atoms with Crippen molar-refractivity contribution in [1.29, 1.82) is 0 Å². The molecule has 24 heavy (non-hydrogen) atoms. The zero-order valence-corrected chi connectivity index (χ0v) is 13.9. The van der Waals surface area contributed by atoms with Gasteiger partial charge in [0, 0.05) is 31.1 Å². The van der Waals surface area contributed by atoms with E-state index in [4.69, 9.17) is 4.74 Å². The highest BCUT2D eigenvalue weighted by atomic mass is 19.4.